The summed E-state index contributed by atoms with van der Waals surface area (Å²) in [6, 6.07) is 0.196. The van der Waals surface area contributed by atoms with Crippen LogP contribution in [0.5, 0.6) is 0 Å². The first-order valence-electron chi connectivity index (χ1n) is 5.92. The molecule has 0 aromatic carbocycles. The van der Waals surface area contributed by atoms with Crippen molar-refractivity contribution in [2.75, 3.05) is 11.9 Å². The lowest BCUT2D eigenvalue weighted by Gasteiger charge is -2.17. The lowest BCUT2D eigenvalue weighted by Crippen LogP contribution is -2.36. The van der Waals surface area contributed by atoms with Crippen LogP contribution in [0.1, 0.15) is 20.3 Å². The van der Waals surface area contributed by atoms with Gasteiger partial charge in [-0.15, -0.1) is 0 Å². The minimum Gasteiger partial charge on any atom is -0.384 e. The minimum atomic E-state index is -4.43. The Morgan fingerprint density at radius 1 is 1.40 bits per heavy atom. The zero-order valence-corrected chi connectivity index (χ0v) is 11.8. The van der Waals surface area contributed by atoms with Gasteiger partial charge in [-0.2, -0.15) is 13.2 Å². The Labute approximate surface area is 115 Å². The molecule has 0 radical (unpaired) electrons. The Kier molecular flexibility index (Phi) is 5.35. The van der Waals surface area contributed by atoms with Crippen molar-refractivity contribution in [2.45, 2.75) is 37.4 Å². The first-order valence-corrected chi connectivity index (χ1v) is 7.41. The smallest absolute Gasteiger partial charge is 0.384 e. The van der Waals surface area contributed by atoms with Crippen molar-refractivity contribution in [2.24, 2.45) is 0 Å². The lowest BCUT2D eigenvalue weighted by molar-refractivity contribution is -0.137. The molecule has 5 nitrogen and oxygen atoms in total. The Morgan fingerprint density at radius 3 is 2.60 bits per heavy atom. The number of halogens is 3. The molecule has 114 valence electrons. The molecule has 0 saturated heterocycles. The molecule has 1 aromatic rings. The zero-order valence-electron chi connectivity index (χ0n) is 11.0. The maximum atomic E-state index is 12.2. The van der Waals surface area contributed by atoms with Crippen molar-refractivity contribution >= 4 is 15.7 Å². The molecule has 0 aliphatic carbocycles. The third kappa shape index (κ3) is 4.97. The molecule has 1 rings (SSSR count). The van der Waals surface area contributed by atoms with E-state index in [1.54, 1.807) is 6.92 Å². The molecule has 0 fully saturated rings. The van der Waals surface area contributed by atoms with Crippen LogP contribution in [0.2, 0.25) is 0 Å². The van der Waals surface area contributed by atoms with Crippen LogP contribution in [0.25, 0.3) is 0 Å². The standard InChI is InChI=1S/C11H16F3N3O2S/c1-3-16-9-4-5-15-7-10(9)20(18,19)17-8(2)6-11(12,13)14/h4-5,7-8,17H,3,6H2,1-2H3,(H,15,16). The Bertz CT molecular complexity index is 546. The number of aromatic nitrogens is 1. The molecule has 0 spiro atoms. The summed E-state index contributed by atoms with van der Waals surface area (Å²) in [6.07, 6.45) is -3.17. The fourth-order valence-corrected chi connectivity index (χ4v) is 3.02. The number of nitrogens with zero attached hydrogens (tertiary/aromatic N) is 1. The third-order valence-electron chi connectivity index (χ3n) is 2.34. The highest BCUT2D eigenvalue weighted by Crippen LogP contribution is 2.24. The van der Waals surface area contributed by atoms with Crippen LogP contribution in [-0.4, -0.2) is 32.2 Å². The fourth-order valence-electron chi connectivity index (χ4n) is 1.65. The largest absolute Gasteiger partial charge is 0.390 e. The van der Waals surface area contributed by atoms with E-state index in [2.05, 4.69) is 10.3 Å². The molecule has 9 heteroatoms. The van der Waals surface area contributed by atoms with Crippen molar-refractivity contribution in [3.05, 3.63) is 18.5 Å². The van der Waals surface area contributed by atoms with Gasteiger partial charge in [-0.1, -0.05) is 0 Å². The van der Waals surface area contributed by atoms with E-state index in [1.807, 2.05) is 4.72 Å². The van der Waals surface area contributed by atoms with Crippen molar-refractivity contribution in [3.63, 3.8) is 0 Å². The van der Waals surface area contributed by atoms with E-state index < -0.39 is 28.7 Å². The zero-order chi connectivity index (χ0) is 15.4. The number of pyridine rings is 1. The van der Waals surface area contributed by atoms with E-state index in [4.69, 9.17) is 0 Å². The molecule has 0 amide bonds. The maximum Gasteiger partial charge on any atom is 0.390 e. The summed E-state index contributed by atoms with van der Waals surface area (Å²) in [5.41, 5.74) is 0.300. The van der Waals surface area contributed by atoms with Crippen molar-refractivity contribution in [1.29, 1.82) is 0 Å². The average molecular weight is 311 g/mol. The summed E-state index contributed by atoms with van der Waals surface area (Å²) in [4.78, 5) is 3.52. The molecule has 1 heterocycles. The third-order valence-corrected chi connectivity index (χ3v) is 3.95. The van der Waals surface area contributed by atoms with Crippen LogP contribution < -0.4 is 10.0 Å². The minimum absolute atomic E-state index is 0.170. The van der Waals surface area contributed by atoms with E-state index in [1.165, 1.54) is 12.3 Å². The predicted octanol–water partition coefficient (Wildman–Crippen LogP) is 2.13. The van der Waals surface area contributed by atoms with Gasteiger partial charge in [0.15, 0.2) is 0 Å². The van der Waals surface area contributed by atoms with Gasteiger partial charge in [0.05, 0.1) is 12.1 Å². The van der Waals surface area contributed by atoms with Crippen LogP contribution >= 0.6 is 0 Å². The van der Waals surface area contributed by atoms with Crippen molar-refractivity contribution in [3.8, 4) is 0 Å². The Morgan fingerprint density at radius 2 is 2.05 bits per heavy atom. The van der Waals surface area contributed by atoms with Crippen LogP contribution in [0.3, 0.4) is 0 Å². The first-order chi connectivity index (χ1) is 9.15. The Hall–Kier alpha value is -1.35. The van der Waals surface area contributed by atoms with Gasteiger partial charge in [-0.25, -0.2) is 13.1 Å². The molecule has 0 aliphatic rings. The monoisotopic (exact) mass is 311 g/mol. The van der Waals surface area contributed by atoms with Crippen LogP contribution in [0.4, 0.5) is 18.9 Å². The number of rotatable bonds is 6. The predicted molar refractivity (Wildman–Crippen MR) is 68.9 cm³/mol. The number of sulfonamides is 1. The molecule has 20 heavy (non-hydrogen) atoms. The lowest BCUT2D eigenvalue weighted by atomic mass is 10.2. The SMILES string of the molecule is CCNc1ccncc1S(=O)(=O)NC(C)CC(F)(F)F. The molecule has 2 N–H and O–H groups in total. The van der Waals surface area contributed by atoms with E-state index in [0.29, 0.717) is 12.2 Å². The van der Waals surface area contributed by atoms with Crippen molar-refractivity contribution < 1.29 is 21.6 Å². The summed E-state index contributed by atoms with van der Waals surface area (Å²) in [5.74, 6) is 0. The normalized spacial score (nSPS) is 14.1. The van der Waals surface area contributed by atoms with Gasteiger partial charge in [0.2, 0.25) is 10.0 Å². The molecule has 0 aliphatic heterocycles. The van der Waals surface area contributed by atoms with Gasteiger partial charge in [-0.3, -0.25) is 4.98 Å². The summed E-state index contributed by atoms with van der Waals surface area (Å²) < 4.78 is 62.8. The highest BCUT2D eigenvalue weighted by atomic mass is 32.2. The molecule has 1 aromatic heterocycles. The summed E-state index contributed by atoms with van der Waals surface area (Å²) in [7, 11) is -4.06. The number of hydrogen-bond donors (Lipinski definition) is 2. The summed E-state index contributed by atoms with van der Waals surface area (Å²) >= 11 is 0. The molecular formula is C11H16F3N3O2S. The second-order valence-electron chi connectivity index (χ2n) is 4.24. The summed E-state index contributed by atoms with van der Waals surface area (Å²) in [6.45, 7) is 3.41. The van der Waals surface area contributed by atoms with Crippen molar-refractivity contribution in [1.82, 2.24) is 9.71 Å². The second kappa shape index (κ2) is 6.40. The van der Waals surface area contributed by atoms with Crippen LogP contribution in [0, 0.1) is 0 Å². The van der Waals surface area contributed by atoms with E-state index in [9.17, 15) is 21.6 Å². The molecule has 0 bridgehead atoms. The van der Waals surface area contributed by atoms with Gasteiger partial charge in [0.25, 0.3) is 0 Å². The highest BCUT2D eigenvalue weighted by molar-refractivity contribution is 7.89. The Balaban J connectivity index is 2.94. The number of alkyl halides is 3. The molecule has 1 atom stereocenters. The maximum absolute atomic E-state index is 12.2. The van der Waals surface area contributed by atoms with E-state index in [-0.39, 0.29) is 4.90 Å². The highest BCUT2D eigenvalue weighted by Gasteiger charge is 2.32. The number of hydrogen-bond acceptors (Lipinski definition) is 4. The van der Waals surface area contributed by atoms with Gasteiger partial charge in [0, 0.05) is 25.0 Å². The van der Waals surface area contributed by atoms with Gasteiger partial charge >= 0.3 is 6.18 Å². The quantitative estimate of drug-likeness (QED) is 0.844. The van der Waals surface area contributed by atoms with Crippen LogP contribution in [0.15, 0.2) is 23.4 Å². The molecule has 1 unspecified atom stereocenters. The topological polar surface area (TPSA) is 71.1 Å². The average Bonchev–Trinajstić information content (AvgIpc) is 2.26. The second-order valence-corrected chi connectivity index (χ2v) is 5.93. The first kappa shape index (κ1) is 16.7. The molecule has 0 saturated carbocycles. The van der Waals surface area contributed by atoms with Gasteiger partial charge in [-0.05, 0) is 19.9 Å². The number of anilines is 1. The summed E-state index contributed by atoms with van der Waals surface area (Å²) in [5, 5.41) is 2.82. The fraction of sp³-hybridized carbons (Fsp3) is 0.545. The van der Waals surface area contributed by atoms with Gasteiger partial charge < -0.3 is 5.32 Å². The van der Waals surface area contributed by atoms with Crippen LogP contribution in [-0.2, 0) is 10.0 Å². The van der Waals surface area contributed by atoms with E-state index in [0.717, 1.165) is 13.1 Å². The van der Waals surface area contributed by atoms with Gasteiger partial charge in [0.1, 0.15) is 4.90 Å². The van der Waals surface area contributed by atoms with E-state index >= 15 is 0 Å². The number of nitrogens with one attached hydrogen (secondary N) is 2. The molecular weight excluding hydrogens is 295 g/mol.